The minimum absolute atomic E-state index is 0.145. The molecule has 0 aliphatic heterocycles. The molecule has 0 saturated carbocycles. The molecular weight excluding hydrogens is 206 g/mol. The number of amides is 1. The summed E-state index contributed by atoms with van der Waals surface area (Å²) >= 11 is 3.40. The van der Waals surface area contributed by atoms with E-state index in [-0.39, 0.29) is 11.9 Å². The Morgan fingerprint density at radius 3 is 2.45 bits per heavy atom. The van der Waals surface area contributed by atoms with Gasteiger partial charge in [-0.25, -0.2) is 0 Å². The molecule has 0 spiro atoms. The fourth-order valence-electron chi connectivity index (χ4n) is 0.668. The normalized spacial score (nSPS) is 15.6. The third kappa shape index (κ3) is 5.24. The molecule has 66 valence electrons. The van der Waals surface area contributed by atoms with Crippen molar-refractivity contribution in [2.75, 3.05) is 0 Å². The minimum Gasteiger partial charge on any atom is -0.353 e. The Labute approximate surface area is 76.9 Å². The van der Waals surface area contributed by atoms with Crippen LogP contribution in [0.1, 0.15) is 33.6 Å². The third-order valence-electron chi connectivity index (χ3n) is 1.55. The highest BCUT2D eigenvalue weighted by Gasteiger charge is 2.10. The van der Waals surface area contributed by atoms with Gasteiger partial charge in [0.2, 0.25) is 5.91 Å². The lowest BCUT2D eigenvalue weighted by Gasteiger charge is -2.15. The Balaban J connectivity index is 3.57. The Morgan fingerprint density at radius 1 is 1.55 bits per heavy atom. The Morgan fingerprint density at radius 2 is 2.09 bits per heavy atom. The first kappa shape index (κ1) is 11.0. The third-order valence-corrected chi connectivity index (χ3v) is 2.35. The zero-order chi connectivity index (χ0) is 8.85. The minimum atomic E-state index is 0.145. The quantitative estimate of drug-likeness (QED) is 0.725. The lowest BCUT2D eigenvalue weighted by Crippen LogP contribution is -2.37. The van der Waals surface area contributed by atoms with Crippen molar-refractivity contribution in [3.05, 3.63) is 0 Å². The molecule has 1 N–H and O–H groups in total. The number of rotatable bonds is 4. The lowest BCUT2D eigenvalue weighted by molar-refractivity contribution is -0.121. The predicted molar refractivity (Wildman–Crippen MR) is 50.9 cm³/mol. The highest BCUT2D eigenvalue weighted by atomic mass is 79.9. The number of carbonyl (C=O) groups is 1. The van der Waals surface area contributed by atoms with Gasteiger partial charge in [-0.2, -0.15) is 0 Å². The summed E-state index contributed by atoms with van der Waals surface area (Å²) in [5.74, 6) is 0.145. The van der Waals surface area contributed by atoms with Crippen molar-refractivity contribution in [3.8, 4) is 0 Å². The van der Waals surface area contributed by atoms with E-state index in [0.29, 0.717) is 11.2 Å². The smallest absolute Gasteiger partial charge is 0.220 e. The van der Waals surface area contributed by atoms with Gasteiger partial charge in [-0.3, -0.25) is 4.79 Å². The summed E-state index contributed by atoms with van der Waals surface area (Å²) in [6.07, 6.45) is 1.54. The second-order valence-electron chi connectivity index (χ2n) is 2.78. The van der Waals surface area contributed by atoms with E-state index in [1.54, 1.807) is 0 Å². The van der Waals surface area contributed by atoms with Gasteiger partial charge in [-0.1, -0.05) is 29.8 Å². The first-order valence-corrected chi connectivity index (χ1v) is 4.93. The molecule has 0 aliphatic carbocycles. The molecule has 0 aromatic heterocycles. The van der Waals surface area contributed by atoms with Crippen molar-refractivity contribution in [1.82, 2.24) is 5.32 Å². The van der Waals surface area contributed by atoms with E-state index in [1.807, 2.05) is 20.8 Å². The molecule has 0 heterocycles. The summed E-state index contributed by atoms with van der Waals surface area (Å²) in [6, 6.07) is 0.217. The Kier molecular flexibility index (Phi) is 5.56. The van der Waals surface area contributed by atoms with Crippen molar-refractivity contribution >= 4 is 21.8 Å². The van der Waals surface area contributed by atoms with Gasteiger partial charge in [-0.15, -0.1) is 0 Å². The largest absolute Gasteiger partial charge is 0.353 e. The number of hydrogen-bond donors (Lipinski definition) is 1. The van der Waals surface area contributed by atoms with Crippen LogP contribution in [0.15, 0.2) is 0 Å². The molecule has 0 aliphatic rings. The number of nitrogens with one attached hydrogen (secondary N) is 1. The monoisotopic (exact) mass is 221 g/mol. The van der Waals surface area contributed by atoms with E-state index in [4.69, 9.17) is 0 Å². The van der Waals surface area contributed by atoms with Crippen LogP contribution in [0, 0.1) is 0 Å². The molecule has 0 aromatic carbocycles. The molecule has 3 heteroatoms. The number of halogens is 1. The van der Waals surface area contributed by atoms with E-state index >= 15 is 0 Å². The van der Waals surface area contributed by atoms with E-state index in [2.05, 4.69) is 21.2 Å². The fourth-order valence-corrected chi connectivity index (χ4v) is 0.800. The van der Waals surface area contributed by atoms with Crippen molar-refractivity contribution in [1.29, 1.82) is 0 Å². The molecule has 0 aromatic rings. The molecule has 2 atom stereocenters. The molecule has 0 fully saturated rings. The van der Waals surface area contributed by atoms with Crippen LogP contribution in [0.4, 0.5) is 0 Å². The zero-order valence-corrected chi connectivity index (χ0v) is 8.94. The molecule has 0 bridgehead atoms. The molecule has 1 unspecified atom stereocenters. The standard InChI is InChI=1S/C8H16BrNO/c1-4-5-8(11)10-7(3)6(2)9/h6-7H,4-5H2,1-3H3,(H,10,11)/t6-,7?/m0/s1. The lowest BCUT2D eigenvalue weighted by atomic mass is 10.2. The molecule has 11 heavy (non-hydrogen) atoms. The van der Waals surface area contributed by atoms with Crippen LogP contribution in [0.2, 0.25) is 0 Å². The Bertz CT molecular complexity index is 125. The first-order valence-electron chi connectivity index (χ1n) is 4.01. The van der Waals surface area contributed by atoms with Crippen LogP contribution < -0.4 is 5.32 Å². The van der Waals surface area contributed by atoms with E-state index in [1.165, 1.54) is 0 Å². The zero-order valence-electron chi connectivity index (χ0n) is 7.36. The van der Waals surface area contributed by atoms with Gasteiger partial charge >= 0.3 is 0 Å². The van der Waals surface area contributed by atoms with E-state index < -0.39 is 0 Å². The van der Waals surface area contributed by atoms with E-state index in [0.717, 1.165) is 6.42 Å². The maximum atomic E-state index is 11.0. The van der Waals surface area contributed by atoms with Crippen molar-refractivity contribution in [3.63, 3.8) is 0 Å². The highest BCUT2D eigenvalue weighted by Crippen LogP contribution is 2.03. The van der Waals surface area contributed by atoms with Gasteiger partial charge in [0.15, 0.2) is 0 Å². The second-order valence-corrected chi connectivity index (χ2v) is 4.23. The number of carbonyl (C=O) groups excluding carboxylic acids is 1. The fraction of sp³-hybridized carbons (Fsp3) is 0.875. The predicted octanol–water partition coefficient (Wildman–Crippen LogP) is 2.07. The maximum Gasteiger partial charge on any atom is 0.220 e. The SMILES string of the molecule is CCCC(=O)NC(C)[C@H](C)Br. The second kappa shape index (κ2) is 5.58. The van der Waals surface area contributed by atoms with E-state index in [9.17, 15) is 4.79 Å². The van der Waals surface area contributed by atoms with Gasteiger partial charge < -0.3 is 5.32 Å². The molecule has 0 rings (SSSR count). The van der Waals surface area contributed by atoms with Crippen molar-refractivity contribution < 1.29 is 4.79 Å². The Hall–Kier alpha value is -0.0500. The molecule has 0 radical (unpaired) electrons. The topological polar surface area (TPSA) is 29.1 Å². The van der Waals surface area contributed by atoms with Gasteiger partial charge in [0, 0.05) is 17.3 Å². The molecular formula is C8H16BrNO. The van der Waals surface area contributed by atoms with Gasteiger partial charge in [0.05, 0.1) is 0 Å². The first-order chi connectivity index (χ1) is 5.07. The average Bonchev–Trinajstić information content (AvgIpc) is 1.87. The number of alkyl halides is 1. The van der Waals surface area contributed by atoms with Crippen LogP contribution in [0.3, 0.4) is 0 Å². The van der Waals surface area contributed by atoms with Crippen LogP contribution in [0.5, 0.6) is 0 Å². The van der Waals surface area contributed by atoms with Crippen LogP contribution in [-0.2, 0) is 4.79 Å². The van der Waals surface area contributed by atoms with Crippen molar-refractivity contribution in [2.45, 2.75) is 44.5 Å². The van der Waals surface area contributed by atoms with Crippen LogP contribution in [-0.4, -0.2) is 16.8 Å². The number of hydrogen-bond acceptors (Lipinski definition) is 1. The molecule has 1 amide bonds. The molecule has 2 nitrogen and oxygen atoms in total. The summed E-state index contributed by atoms with van der Waals surface area (Å²) in [6.45, 7) is 6.02. The van der Waals surface area contributed by atoms with Gasteiger partial charge in [0.1, 0.15) is 0 Å². The summed E-state index contributed by atoms with van der Waals surface area (Å²) in [5.41, 5.74) is 0. The van der Waals surface area contributed by atoms with Crippen molar-refractivity contribution in [2.24, 2.45) is 0 Å². The van der Waals surface area contributed by atoms with Crippen LogP contribution >= 0.6 is 15.9 Å². The summed E-state index contributed by atoms with van der Waals surface area (Å²) in [7, 11) is 0. The molecule has 0 saturated heterocycles. The summed E-state index contributed by atoms with van der Waals surface area (Å²) in [4.78, 5) is 11.4. The maximum absolute atomic E-state index is 11.0. The highest BCUT2D eigenvalue weighted by molar-refractivity contribution is 9.09. The summed E-state index contributed by atoms with van der Waals surface area (Å²) in [5, 5.41) is 2.89. The van der Waals surface area contributed by atoms with Crippen LogP contribution in [0.25, 0.3) is 0 Å². The summed E-state index contributed by atoms with van der Waals surface area (Å²) < 4.78 is 0. The average molecular weight is 222 g/mol. The van der Waals surface area contributed by atoms with Gasteiger partial charge in [-0.05, 0) is 13.3 Å². The van der Waals surface area contributed by atoms with Gasteiger partial charge in [0.25, 0.3) is 0 Å².